The second-order valence-electron chi connectivity index (χ2n) is 7.71. The van der Waals surface area contributed by atoms with Gasteiger partial charge in [0.25, 0.3) is 0 Å². The first-order valence-electron chi connectivity index (χ1n) is 8.41. The third-order valence-corrected chi connectivity index (χ3v) is 3.58. The standard InChI is InChI=1S/C18H32N4O2/c1-9-23-15(3,4)11-17(7,13-19)21-22-18(8,14-20)12-16(5,6)24-10-2/h9-12H2,1-8H3/b22-21+. The molecule has 24 heavy (non-hydrogen) atoms. The normalized spacial score (nSPS) is 17.8. The van der Waals surface area contributed by atoms with Crippen molar-refractivity contribution >= 4 is 0 Å². The highest BCUT2D eigenvalue weighted by Crippen LogP contribution is 2.31. The minimum atomic E-state index is -1.05. The number of nitriles is 2. The first-order valence-corrected chi connectivity index (χ1v) is 8.41. The van der Waals surface area contributed by atoms with Crippen molar-refractivity contribution in [1.29, 1.82) is 10.5 Å². The lowest BCUT2D eigenvalue weighted by atomic mass is 9.88. The molecule has 0 aliphatic rings. The fraction of sp³-hybridized carbons (Fsp3) is 0.889. The molecule has 0 spiro atoms. The fourth-order valence-corrected chi connectivity index (χ4v) is 2.96. The molecular formula is C18H32N4O2. The van der Waals surface area contributed by atoms with Gasteiger partial charge in [0, 0.05) is 26.1 Å². The van der Waals surface area contributed by atoms with Crippen LogP contribution in [0.3, 0.4) is 0 Å². The topological polar surface area (TPSA) is 90.8 Å². The summed E-state index contributed by atoms with van der Waals surface area (Å²) in [4.78, 5) is 0. The quantitative estimate of drug-likeness (QED) is 0.552. The van der Waals surface area contributed by atoms with Gasteiger partial charge in [-0.3, -0.25) is 0 Å². The van der Waals surface area contributed by atoms with Crippen LogP contribution in [0.15, 0.2) is 10.2 Å². The predicted octanol–water partition coefficient (Wildman–Crippen LogP) is 4.41. The van der Waals surface area contributed by atoms with E-state index in [4.69, 9.17) is 9.47 Å². The summed E-state index contributed by atoms with van der Waals surface area (Å²) in [7, 11) is 0. The molecule has 0 N–H and O–H groups in total. The Morgan fingerprint density at radius 3 is 1.21 bits per heavy atom. The summed E-state index contributed by atoms with van der Waals surface area (Å²) in [5.74, 6) is 0. The lowest BCUT2D eigenvalue weighted by molar-refractivity contribution is -0.0284. The van der Waals surface area contributed by atoms with E-state index in [1.165, 1.54) is 0 Å². The molecule has 0 aromatic heterocycles. The van der Waals surface area contributed by atoms with Crippen molar-refractivity contribution in [2.75, 3.05) is 13.2 Å². The predicted molar refractivity (Wildman–Crippen MR) is 93.5 cm³/mol. The summed E-state index contributed by atoms with van der Waals surface area (Å²) in [6, 6.07) is 4.39. The van der Waals surface area contributed by atoms with E-state index in [1.807, 2.05) is 41.5 Å². The largest absolute Gasteiger partial charge is 0.376 e. The molecule has 0 saturated carbocycles. The minimum Gasteiger partial charge on any atom is -0.376 e. The van der Waals surface area contributed by atoms with Crippen LogP contribution in [0, 0.1) is 22.7 Å². The number of azo groups is 1. The van der Waals surface area contributed by atoms with Crippen LogP contribution in [0.25, 0.3) is 0 Å². The number of nitrogens with zero attached hydrogens (tertiary/aromatic N) is 4. The van der Waals surface area contributed by atoms with Crippen LogP contribution in [-0.2, 0) is 9.47 Å². The first kappa shape index (κ1) is 22.5. The zero-order valence-corrected chi connectivity index (χ0v) is 16.4. The highest BCUT2D eigenvalue weighted by atomic mass is 16.5. The van der Waals surface area contributed by atoms with E-state index in [0.29, 0.717) is 26.1 Å². The van der Waals surface area contributed by atoms with Gasteiger partial charge in [-0.05, 0) is 55.4 Å². The Labute approximate surface area is 146 Å². The molecule has 136 valence electrons. The molecule has 0 saturated heterocycles. The zero-order chi connectivity index (χ0) is 19.1. The lowest BCUT2D eigenvalue weighted by Crippen LogP contribution is -2.37. The average Bonchev–Trinajstić information content (AvgIpc) is 2.44. The Hall–Kier alpha value is -1.50. The van der Waals surface area contributed by atoms with Crippen molar-refractivity contribution in [3.8, 4) is 12.1 Å². The summed E-state index contributed by atoms with van der Waals surface area (Å²) < 4.78 is 11.3. The Morgan fingerprint density at radius 2 is 1.00 bits per heavy atom. The molecule has 0 heterocycles. The number of hydrogen-bond acceptors (Lipinski definition) is 6. The second-order valence-corrected chi connectivity index (χ2v) is 7.71. The molecule has 0 amide bonds. The molecule has 0 aliphatic heterocycles. The number of ether oxygens (including phenoxy) is 2. The minimum absolute atomic E-state index is 0.393. The molecule has 0 rings (SSSR count). The summed E-state index contributed by atoms with van der Waals surface area (Å²) in [5.41, 5.74) is -3.09. The van der Waals surface area contributed by atoms with Gasteiger partial charge in [0.2, 0.25) is 0 Å². The van der Waals surface area contributed by atoms with E-state index < -0.39 is 22.3 Å². The van der Waals surface area contributed by atoms with Crippen LogP contribution in [0.1, 0.15) is 68.2 Å². The maximum Gasteiger partial charge on any atom is 0.167 e. The Morgan fingerprint density at radius 1 is 0.708 bits per heavy atom. The monoisotopic (exact) mass is 336 g/mol. The SMILES string of the molecule is CCOC(C)(C)CC(C)(C#N)/N=N/C(C)(C#N)CC(C)(C)OCC. The van der Waals surface area contributed by atoms with E-state index in [2.05, 4.69) is 22.4 Å². The number of rotatable bonds is 10. The van der Waals surface area contributed by atoms with E-state index >= 15 is 0 Å². The summed E-state index contributed by atoms with van der Waals surface area (Å²) >= 11 is 0. The van der Waals surface area contributed by atoms with Crippen molar-refractivity contribution in [3.63, 3.8) is 0 Å². The maximum absolute atomic E-state index is 9.54. The van der Waals surface area contributed by atoms with Gasteiger partial charge in [0.15, 0.2) is 11.1 Å². The smallest absolute Gasteiger partial charge is 0.167 e. The van der Waals surface area contributed by atoms with Crippen molar-refractivity contribution < 1.29 is 9.47 Å². The Bertz CT molecular complexity index is 470. The maximum atomic E-state index is 9.54. The second kappa shape index (κ2) is 8.55. The molecule has 0 aromatic rings. The zero-order valence-electron chi connectivity index (χ0n) is 16.4. The van der Waals surface area contributed by atoms with Crippen LogP contribution in [0.2, 0.25) is 0 Å². The summed E-state index contributed by atoms with van der Waals surface area (Å²) in [6.45, 7) is 16.0. The molecule has 2 unspecified atom stereocenters. The molecule has 2 atom stereocenters. The van der Waals surface area contributed by atoms with Gasteiger partial charge in [0.1, 0.15) is 0 Å². The van der Waals surface area contributed by atoms with E-state index in [1.54, 1.807) is 13.8 Å². The van der Waals surface area contributed by atoms with Gasteiger partial charge in [-0.15, -0.1) is 0 Å². The van der Waals surface area contributed by atoms with Gasteiger partial charge in [0.05, 0.1) is 23.3 Å². The van der Waals surface area contributed by atoms with E-state index in [0.717, 1.165) is 0 Å². The van der Waals surface area contributed by atoms with Crippen LogP contribution >= 0.6 is 0 Å². The van der Waals surface area contributed by atoms with Crippen LogP contribution in [-0.4, -0.2) is 35.5 Å². The molecule has 0 fully saturated rings. The molecule has 0 aromatic carbocycles. The van der Waals surface area contributed by atoms with Gasteiger partial charge >= 0.3 is 0 Å². The van der Waals surface area contributed by atoms with Crippen LogP contribution in [0.4, 0.5) is 0 Å². The summed E-state index contributed by atoms with van der Waals surface area (Å²) in [6.07, 6.45) is 0.786. The molecule has 6 heteroatoms. The first-order chi connectivity index (χ1) is 10.9. The van der Waals surface area contributed by atoms with Crippen molar-refractivity contribution in [2.45, 2.75) is 90.5 Å². The summed E-state index contributed by atoms with van der Waals surface area (Å²) in [5, 5.41) is 27.5. The number of hydrogen-bond donors (Lipinski definition) is 0. The van der Waals surface area contributed by atoms with Gasteiger partial charge in [-0.25, -0.2) is 0 Å². The third kappa shape index (κ3) is 7.86. The third-order valence-electron chi connectivity index (χ3n) is 3.58. The van der Waals surface area contributed by atoms with Crippen LogP contribution in [0.5, 0.6) is 0 Å². The van der Waals surface area contributed by atoms with Crippen molar-refractivity contribution in [3.05, 3.63) is 0 Å². The highest BCUT2D eigenvalue weighted by molar-refractivity contribution is 5.10. The molecule has 0 bridgehead atoms. The molecule has 0 aliphatic carbocycles. The molecule has 6 nitrogen and oxygen atoms in total. The molecule has 0 radical (unpaired) electrons. The average molecular weight is 336 g/mol. The van der Waals surface area contributed by atoms with Crippen molar-refractivity contribution in [2.24, 2.45) is 10.2 Å². The Kier molecular flexibility index (Phi) is 8.02. The molecular weight excluding hydrogens is 304 g/mol. The fourth-order valence-electron chi connectivity index (χ4n) is 2.96. The van der Waals surface area contributed by atoms with E-state index in [9.17, 15) is 10.5 Å². The van der Waals surface area contributed by atoms with Gasteiger partial charge < -0.3 is 9.47 Å². The van der Waals surface area contributed by atoms with Gasteiger partial charge in [-0.2, -0.15) is 20.8 Å². The van der Waals surface area contributed by atoms with Gasteiger partial charge in [-0.1, -0.05) is 0 Å². The highest BCUT2D eigenvalue weighted by Gasteiger charge is 2.37. The van der Waals surface area contributed by atoms with E-state index in [-0.39, 0.29) is 0 Å². The Balaban J connectivity index is 5.33. The lowest BCUT2D eigenvalue weighted by Gasteiger charge is -2.32. The van der Waals surface area contributed by atoms with Crippen LogP contribution < -0.4 is 0 Å². The van der Waals surface area contributed by atoms with Crippen molar-refractivity contribution in [1.82, 2.24) is 0 Å².